The maximum absolute atomic E-state index is 10.4. The van der Waals surface area contributed by atoms with Crippen molar-refractivity contribution in [2.45, 2.75) is 32.5 Å². The fraction of sp³-hybridized carbons (Fsp3) is 0.294. The minimum Gasteiger partial charge on any atom is -0.485 e. The summed E-state index contributed by atoms with van der Waals surface area (Å²) in [6, 6.07) is 12.2. The summed E-state index contributed by atoms with van der Waals surface area (Å²) in [5.74, 6) is 0.774. The zero-order chi connectivity index (χ0) is 14.3. The molecular weight excluding hydrogens is 316 g/mol. The van der Waals surface area contributed by atoms with Crippen LogP contribution in [0, 0.1) is 13.8 Å². The summed E-state index contributed by atoms with van der Waals surface area (Å²) in [7, 11) is 0. The third-order valence-electron chi connectivity index (χ3n) is 3.65. The lowest BCUT2D eigenvalue weighted by Gasteiger charge is -2.30. The molecule has 1 N–H and O–H groups in total. The van der Waals surface area contributed by atoms with Gasteiger partial charge in [-0.25, -0.2) is 0 Å². The summed E-state index contributed by atoms with van der Waals surface area (Å²) in [4.78, 5) is 0. The molecule has 0 spiro atoms. The van der Waals surface area contributed by atoms with E-state index in [1.807, 2.05) is 18.2 Å². The molecule has 1 aliphatic heterocycles. The van der Waals surface area contributed by atoms with Crippen LogP contribution in [0.15, 0.2) is 40.9 Å². The molecule has 104 valence electrons. The van der Waals surface area contributed by atoms with Gasteiger partial charge in [-0.3, -0.25) is 0 Å². The summed E-state index contributed by atoms with van der Waals surface area (Å²) >= 11 is 3.43. The molecular formula is C17H17BrO2. The number of benzene rings is 2. The second-order valence-electron chi connectivity index (χ2n) is 5.46. The normalized spacial score (nSPS) is 21.2. The van der Waals surface area contributed by atoms with Crippen LogP contribution in [0.5, 0.6) is 5.75 Å². The Morgan fingerprint density at radius 2 is 1.80 bits per heavy atom. The molecule has 0 amide bonds. The molecule has 0 aromatic heterocycles. The average molecular weight is 333 g/mol. The van der Waals surface area contributed by atoms with Crippen molar-refractivity contribution in [1.29, 1.82) is 0 Å². The number of ether oxygens (including phenoxy) is 1. The fourth-order valence-corrected chi connectivity index (χ4v) is 3.20. The molecule has 0 fully saturated rings. The zero-order valence-electron chi connectivity index (χ0n) is 11.6. The first-order valence-electron chi connectivity index (χ1n) is 6.75. The first kappa shape index (κ1) is 13.7. The highest BCUT2D eigenvalue weighted by Gasteiger charge is 2.28. The van der Waals surface area contributed by atoms with E-state index in [9.17, 15) is 5.11 Å². The maximum Gasteiger partial charge on any atom is 0.127 e. The third kappa shape index (κ3) is 2.60. The van der Waals surface area contributed by atoms with Gasteiger partial charge in [0.2, 0.25) is 0 Å². The molecule has 2 atom stereocenters. The molecule has 0 saturated heterocycles. The maximum atomic E-state index is 10.4. The van der Waals surface area contributed by atoms with Gasteiger partial charge in [-0.05, 0) is 37.6 Å². The Bertz CT molecular complexity index is 631. The van der Waals surface area contributed by atoms with E-state index in [4.69, 9.17) is 4.74 Å². The number of hydrogen-bond acceptors (Lipinski definition) is 2. The van der Waals surface area contributed by atoms with Crippen LogP contribution in [0.1, 0.15) is 40.9 Å². The minimum absolute atomic E-state index is 0.0859. The Hall–Kier alpha value is -1.32. The number of aliphatic hydroxyl groups excluding tert-OH is 1. The van der Waals surface area contributed by atoms with E-state index in [0.717, 1.165) is 21.3 Å². The van der Waals surface area contributed by atoms with Crippen LogP contribution in [0.3, 0.4) is 0 Å². The van der Waals surface area contributed by atoms with Gasteiger partial charge < -0.3 is 9.84 Å². The number of hydrogen-bond donors (Lipinski definition) is 1. The van der Waals surface area contributed by atoms with Gasteiger partial charge in [0.1, 0.15) is 11.9 Å². The van der Waals surface area contributed by atoms with Gasteiger partial charge >= 0.3 is 0 Å². The first-order valence-corrected chi connectivity index (χ1v) is 7.54. The van der Waals surface area contributed by atoms with Gasteiger partial charge in [-0.15, -0.1) is 0 Å². The monoisotopic (exact) mass is 332 g/mol. The molecule has 2 nitrogen and oxygen atoms in total. The van der Waals surface area contributed by atoms with Crippen molar-refractivity contribution in [1.82, 2.24) is 0 Å². The van der Waals surface area contributed by atoms with Gasteiger partial charge in [0.15, 0.2) is 0 Å². The van der Waals surface area contributed by atoms with Gasteiger partial charge in [0, 0.05) is 16.5 Å². The molecule has 20 heavy (non-hydrogen) atoms. The van der Waals surface area contributed by atoms with E-state index in [1.165, 1.54) is 11.1 Å². The van der Waals surface area contributed by atoms with Crippen molar-refractivity contribution in [3.8, 4) is 5.75 Å². The van der Waals surface area contributed by atoms with Crippen LogP contribution in [-0.4, -0.2) is 5.11 Å². The molecule has 0 aliphatic carbocycles. The summed E-state index contributed by atoms with van der Waals surface area (Å²) in [6.07, 6.45) is 0.0196. The van der Waals surface area contributed by atoms with E-state index in [2.05, 4.69) is 48.0 Å². The molecule has 3 rings (SSSR count). The molecule has 0 saturated carbocycles. The Kier molecular flexibility index (Phi) is 3.57. The summed E-state index contributed by atoms with van der Waals surface area (Å²) in [6.45, 7) is 4.17. The first-order chi connectivity index (χ1) is 9.52. The summed E-state index contributed by atoms with van der Waals surface area (Å²) < 4.78 is 7.03. The van der Waals surface area contributed by atoms with Crippen LogP contribution < -0.4 is 4.74 Å². The molecule has 0 radical (unpaired) electrons. The summed E-state index contributed by atoms with van der Waals surface area (Å²) in [5.41, 5.74) is 4.44. The minimum atomic E-state index is -0.484. The number of aryl methyl sites for hydroxylation is 2. The van der Waals surface area contributed by atoms with E-state index in [0.29, 0.717) is 6.42 Å². The van der Waals surface area contributed by atoms with Gasteiger partial charge in [-0.1, -0.05) is 45.3 Å². The molecule has 2 unspecified atom stereocenters. The van der Waals surface area contributed by atoms with Crippen LogP contribution in [0.2, 0.25) is 0 Å². The Morgan fingerprint density at radius 1 is 1.10 bits per heavy atom. The van der Waals surface area contributed by atoms with Crippen molar-refractivity contribution in [2.24, 2.45) is 0 Å². The van der Waals surface area contributed by atoms with Crippen molar-refractivity contribution >= 4 is 15.9 Å². The van der Waals surface area contributed by atoms with Gasteiger partial charge in [0.25, 0.3) is 0 Å². The van der Waals surface area contributed by atoms with Gasteiger partial charge in [-0.2, -0.15) is 0 Å². The second-order valence-corrected chi connectivity index (χ2v) is 6.38. The van der Waals surface area contributed by atoms with Crippen molar-refractivity contribution in [3.63, 3.8) is 0 Å². The lowest BCUT2D eigenvalue weighted by atomic mass is 9.93. The van der Waals surface area contributed by atoms with Crippen LogP contribution in [0.4, 0.5) is 0 Å². The average Bonchev–Trinajstić information content (AvgIpc) is 2.38. The topological polar surface area (TPSA) is 29.5 Å². The van der Waals surface area contributed by atoms with Crippen LogP contribution >= 0.6 is 15.9 Å². The Morgan fingerprint density at radius 3 is 2.50 bits per heavy atom. The Balaban J connectivity index is 1.96. The van der Waals surface area contributed by atoms with E-state index in [-0.39, 0.29) is 6.10 Å². The molecule has 2 aromatic rings. The highest BCUT2D eigenvalue weighted by Crippen LogP contribution is 2.42. The lowest BCUT2D eigenvalue weighted by molar-refractivity contribution is 0.0656. The van der Waals surface area contributed by atoms with Crippen LogP contribution in [-0.2, 0) is 0 Å². The highest BCUT2D eigenvalue weighted by molar-refractivity contribution is 9.10. The SMILES string of the molecule is Cc1cc(C)cc(C2CC(O)c3cc(Br)ccc3O2)c1. The van der Waals surface area contributed by atoms with Crippen LogP contribution in [0.25, 0.3) is 0 Å². The molecule has 3 heteroatoms. The lowest BCUT2D eigenvalue weighted by Crippen LogP contribution is -2.19. The number of halogens is 1. The number of aliphatic hydroxyl groups is 1. The third-order valence-corrected chi connectivity index (χ3v) is 4.15. The quantitative estimate of drug-likeness (QED) is 0.825. The predicted octanol–water partition coefficient (Wildman–Crippen LogP) is 4.62. The predicted molar refractivity (Wildman–Crippen MR) is 83.0 cm³/mol. The van der Waals surface area contributed by atoms with Gasteiger partial charge in [0.05, 0.1) is 6.10 Å². The highest BCUT2D eigenvalue weighted by atomic mass is 79.9. The fourth-order valence-electron chi connectivity index (χ4n) is 2.82. The second kappa shape index (κ2) is 5.23. The van der Waals surface area contributed by atoms with E-state index >= 15 is 0 Å². The Labute approximate surface area is 127 Å². The van der Waals surface area contributed by atoms with Crippen molar-refractivity contribution in [3.05, 3.63) is 63.1 Å². The van der Waals surface area contributed by atoms with E-state index in [1.54, 1.807) is 0 Å². The zero-order valence-corrected chi connectivity index (χ0v) is 13.1. The molecule has 0 bridgehead atoms. The molecule has 1 aliphatic rings. The molecule has 1 heterocycles. The largest absolute Gasteiger partial charge is 0.485 e. The van der Waals surface area contributed by atoms with Crippen molar-refractivity contribution in [2.75, 3.05) is 0 Å². The van der Waals surface area contributed by atoms with Crippen molar-refractivity contribution < 1.29 is 9.84 Å². The van der Waals surface area contributed by atoms with E-state index < -0.39 is 6.10 Å². The standard InChI is InChI=1S/C17H17BrO2/c1-10-5-11(2)7-12(6-10)17-9-15(19)14-8-13(18)3-4-16(14)20-17/h3-8,15,17,19H,9H2,1-2H3. The smallest absolute Gasteiger partial charge is 0.127 e. The molecule has 2 aromatic carbocycles. The number of rotatable bonds is 1. The number of fused-ring (bicyclic) bond motifs is 1. The summed E-state index contributed by atoms with van der Waals surface area (Å²) in [5, 5.41) is 10.4.